The van der Waals surface area contributed by atoms with Crippen molar-refractivity contribution in [2.24, 2.45) is 0 Å². The van der Waals surface area contributed by atoms with Gasteiger partial charge in [-0.05, 0) is 60.6 Å². The maximum absolute atomic E-state index is 11.9. The molecule has 200 valence electrons. The molecule has 0 radical (unpaired) electrons. The number of ether oxygens (including phenoxy) is 2. The van der Waals surface area contributed by atoms with Crippen molar-refractivity contribution in [2.75, 3.05) is 26.0 Å². The molecule has 1 unspecified atom stereocenters. The lowest BCUT2D eigenvalue weighted by atomic mass is 10.1. The van der Waals surface area contributed by atoms with Crippen LogP contribution in [0.15, 0.2) is 30.3 Å². The molecular formula is C25H43N3O6S. The smallest absolute Gasteiger partial charge is 0.408 e. The molecule has 0 bridgehead atoms. The number of carbonyl (C=O) groups is 2. The van der Waals surface area contributed by atoms with E-state index in [2.05, 4.69) is 44.8 Å². The summed E-state index contributed by atoms with van der Waals surface area (Å²) in [5, 5.41) is 13.0. The van der Waals surface area contributed by atoms with Gasteiger partial charge in [-0.2, -0.15) is 0 Å². The largest absolute Gasteiger partial charge is 0.467 e. The lowest BCUT2D eigenvalue weighted by Gasteiger charge is -2.28. The SMILES string of the molecule is CCN(C(C)C)C(C)C.COC(=O)[C@@H](CSC(C[N+](=O)[O-])c1ccccc1)NC(=O)OC(C)(C)C. The quantitative estimate of drug-likeness (QED) is 0.252. The molecule has 0 aromatic heterocycles. The van der Waals surface area contributed by atoms with Crippen molar-refractivity contribution in [1.29, 1.82) is 0 Å². The number of nitrogens with zero attached hydrogens (tertiary/aromatic N) is 2. The summed E-state index contributed by atoms with van der Waals surface area (Å²) < 4.78 is 9.85. The van der Waals surface area contributed by atoms with Gasteiger partial charge in [0.05, 0.1) is 12.4 Å². The molecule has 0 saturated carbocycles. The maximum Gasteiger partial charge on any atom is 0.408 e. The van der Waals surface area contributed by atoms with Gasteiger partial charge in [-0.3, -0.25) is 15.0 Å². The molecule has 9 nitrogen and oxygen atoms in total. The monoisotopic (exact) mass is 513 g/mol. The summed E-state index contributed by atoms with van der Waals surface area (Å²) in [7, 11) is 1.21. The van der Waals surface area contributed by atoms with E-state index in [1.54, 1.807) is 45.0 Å². The van der Waals surface area contributed by atoms with Crippen LogP contribution in [0, 0.1) is 10.1 Å². The fourth-order valence-corrected chi connectivity index (χ4v) is 4.58. The summed E-state index contributed by atoms with van der Waals surface area (Å²) in [6.07, 6.45) is -0.751. The first-order valence-corrected chi connectivity index (χ1v) is 12.9. The second-order valence-electron chi connectivity index (χ2n) is 9.49. The van der Waals surface area contributed by atoms with Gasteiger partial charge in [-0.25, -0.2) is 9.59 Å². The number of carbonyl (C=O) groups excluding carboxylic acids is 2. The third-order valence-electron chi connectivity index (χ3n) is 4.82. The van der Waals surface area contributed by atoms with E-state index in [1.807, 2.05) is 6.07 Å². The Hall–Kier alpha value is -2.33. The Bertz CT molecular complexity index is 760. The summed E-state index contributed by atoms with van der Waals surface area (Å²) in [6.45, 7) is 17.1. The van der Waals surface area contributed by atoms with Crippen LogP contribution < -0.4 is 5.32 Å². The van der Waals surface area contributed by atoms with Gasteiger partial charge in [0, 0.05) is 22.8 Å². The summed E-state index contributed by atoms with van der Waals surface area (Å²) in [4.78, 5) is 36.9. The lowest BCUT2D eigenvalue weighted by Crippen LogP contribution is -2.45. The van der Waals surface area contributed by atoms with Gasteiger partial charge >= 0.3 is 12.1 Å². The van der Waals surface area contributed by atoms with Crippen LogP contribution in [-0.4, -0.2) is 71.6 Å². The minimum atomic E-state index is -0.974. The first-order chi connectivity index (χ1) is 16.2. The second-order valence-corrected chi connectivity index (χ2v) is 10.7. The molecule has 0 aliphatic rings. The molecule has 0 heterocycles. The molecule has 10 heteroatoms. The molecule has 1 rings (SSSR count). The topological polar surface area (TPSA) is 111 Å². The van der Waals surface area contributed by atoms with E-state index in [0.717, 1.165) is 12.1 Å². The van der Waals surface area contributed by atoms with Gasteiger partial charge in [-0.15, -0.1) is 11.8 Å². The summed E-state index contributed by atoms with van der Waals surface area (Å²) in [6, 6.07) is 9.38. The molecule has 0 saturated heterocycles. The summed E-state index contributed by atoms with van der Waals surface area (Å²) in [5.74, 6) is -0.532. The van der Waals surface area contributed by atoms with E-state index >= 15 is 0 Å². The van der Waals surface area contributed by atoms with Crippen molar-refractivity contribution in [3.05, 3.63) is 46.0 Å². The molecular weight excluding hydrogens is 470 g/mol. The minimum Gasteiger partial charge on any atom is -0.467 e. The van der Waals surface area contributed by atoms with Crippen LogP contribution in [-0.2, 0) is 14.3 Å². The number of nitrogens with one attached hydrogen (secondary N) is 1. The number of methoxy groups -OCH3 is 1. The van der Waals surface area contributed by atoms with Gasteiger partial charge in [0.25, 0.3) is 0 Å². The average molecular weight is 514 g/mol. The molecule has 2 atom stereocenters. The molecule has 1 amide bonds. The van der Waals surface area contributed by atoms with Crippen molar-refractivity contribution in [1.82, 2.24) is 10.2 Å². The predicted octanol–water partition coefficient (Wildman–Crippen LogP) is 4.93. The normalized spacial score (nSPS) is 13.0. The highest BCUT2D eigenvalue weighted by Gasteiger charge is 2.28. The third kappa shape index (κ3) is 14.6. The molecule has 0 aliphatic heterocycles. The molecule has 0 fully saturated rings. The Morgan fingerprint density at radius 2 is 1.66 bits per heavy atom. The van der Waals surface area contributed by atoms with Gasteiger partial charge in [-0.1, -0.05) is 37.3 Å². The Balaban J connectivity index is 0.00000109. The van der Waals surface area contributed by atoms with Crippen molar-refractivity contribution in [3.8, 4) is 0 Å². The Labute approximate surface area is 214 Å². The number of benzene rings is 1. The number of hydrogen-bond donors (Lipinski definition) is 1. The first-order valence-electron chi connectivity index (χ1n) is 11.8. The standard InChI is InChI=1S/C17H24N2O6S.C8H19N/c1-17(2,3)25-16(21)18-13(15(20)24-4)11-26-14(10-19(22)23)12-8-6-5-7-9-12;1-6-9(7(2)3)8(4)5/h5-9,13-14H,10-11H2,1-4H3,(H,18,21);7-8H,6H2,1-5H3/t13-,14?;/m1./s1. The van der Waals surface area contributed by atoms with Crippen LogP contribution in [0.25, 0.3) is 0 Å². The van der Waals surface area contributed by atoms with Crippen molar-refractivity contribution < 1.29 is 24.0 Å². The van der Waals surface area contributed by atoms with Crippen molar-refractivity contribution in [2.45, 2.75) is 84.4 Å². The number of thioether (sulfide) groups is 1. The average Bonchev–Trinajstić information content (AvgIpc) is 2.74. The lowest BCUT2D eigenvalue weighted by molar-refractivity contribution is -0.479. The number of hydrogen-bond acceptors (Lipinski definition) is 8. The van der Waals surface area contributed by atoms with Gasteiger partial charge in [0.1, 0.15) is 11.6 Å². The number of alkyl carbamates (subject to hydrolysis) is 1. The van der Waals surface area contributed by atoms with E-state index < -0.39 is 33.9 Å². The second kappa shape index (κ2) is 16.4. The van der Waals surface area contributed by atoms with Crippen molar-refractivity contribution in [3.63, 3.8) is 0 Å². The molecule has 0 aliphatic carbocycles. The van der Waals surface area contributed by atoms with Crippen LogP contribution in [0.5, 0.6) is 0 Å². The molecule has 1 aromatic rings. The van der Waals surface area contributed by atoms with Crippen LogP contribution >= 0.6 is 11.8 Å². The van der Waals surface area contributed by atoms with Gasteiger partial charge in [0.2, 0.25) is 6.54 Å². The van der Waals surface area contributed by atoms with Crippen LogP contribution in [0.1, 0.15) is 66.2 Å². The fourth-order valence-electron chi connectivity index (χ4n) is 3.36. The fraction of sp³-hybridized carbons (Fsp3) is 0.680. The number of esters is 1. The highest BCUT2D eigenvalue weighted by molar-refractivity contribution is 7.99. The first kappa shape index (κ1) is 32.7. The molecule has 35 heavy (non-hydrogen) atoms. The van der Waals surface area contributed by atoms with Gasteiger partial charge in [0.15, 0.2) is 0 Å². The van der Waals surface area contributed by atoms with E-state index in [9.17, 15) is 19.7 Å². The number of nitro groups is 1. The van der Waals surface area contributed by atoms with E-state index in [1.165, 1.54) is 18.9 Å². The zero-order valence-electron chi connectivity index (χ0n) is 22.6. The van der Waals surface area contributed by atoms with Crippen LogP contribution in [0.3, 0.4) is 0 Å². The van der Waals surface area contributed by atoms with Gasteiger partial charge < -0.3 is 14.8 Å². The number of rotatable bonds is 11. The third-order valence-corrected chi connectivity index (χ3v) is 6.17. The van der Waals surface area contributed by atoms with E-state index in [0.29, 0.717) is 12.1 Å². The Kier molecular flexibility index (Phi) is 15.3. The zero-order valence-corrected chi connectivity index (χ0v) is 23.4. The summed E-state index contributed by atoms with van der Waals surface area (Å²) >= 11 is 1.20. The maximum atomic E-state index is 11.9. The molecule has 1 N–H and O–H groups in total. The zero-order chi connectivity index (χ0) is 27.2. The Morgan fingerprint density at radius 1 is 1.11 bits per heavy atom. The van der Waals surface area contributed by atoms with Crippen LogP contribution in [0.4, 0.5) is 4.79 Å². The van der Waals surface area contributed by atoms with E-state index in [-0.39, 0.29) is 12.3 Å². The predicted molar refractivity (Wildman–Crippen MR) is 141 cm³/mol. The number of amides is 1. The molecule has 0 spiro atoms. The van der Waals surface area contributed by atoms with Crippen LogP contribution in [0.2, 0.25) is 0 Å². The highest BCUT2D eigenvalue weighted by Crippen LogP contribution is 2.29. The summed E-state index contributed by atoms with van der Waals surface area (Å²) in [5.41, 5.74) is 0.0610. The molecule has 1 aromatic carbocycles. The highest BCUT2D eigenvalue weighted by atomic mass is 32.2. The minimum absolute atomic E-state index is 0.110. The van der Waals surface area contributed by atoms with Crippen molar-refractivity contribution >= 4 is 23.8 Å². The Morgan fingerprint density at radius 3 is 2.03 bits per heavy atom. The van der Waals surface area contributed by atoms with E-state index in [4.69, 9.17) is 9.47 Å².